The summed E-state index contributed by atoms with van der Waals surface area (Å²) in [5, 5.41) is 4.64. The highest BCUT2D eigenvalue weighted by atomic mass is 15.3. The van der Waals surface area contributed by atoms with Gasteiger partial charge >= 0.3 is 0 Å². The van der Waals surface area contributed by atoms with Crippen LogP contribution in [0.15, 0.2) is 24.3 Å². The van der Waals surface area contributed by atoms with Gasteiger partial charge in [0.1, 0.15) is 0 Å². The highest BCUT2D eigenvalue weighted by Crippen LogP contribution is 2.35. The third-order valence-corrected chi connectivity index (χ3v) is 4.00. The normalized spacial score (nSPS) is 12.8. The van der Waals surface area contributed by atoms with Crippen molar-refractivity contribution in [3.8, 4) is 11.3 Å². The Bertz CT molecular complexity index is 632. The first-order valence-electron chi connectivity index (χ1n) is 7.67. The van der Waals surface area contributed by atoms with E-state index in [0.717, 1.165) is 5.69 Å². The summed E-state index contributed by atoms with van der Waals surface area (Å²) < 4.78 is 2.02. The second-order valence-electron chi connectivity index (χ2n) is 8.01. The lowest BCUT2D eigenvalue weighted by atomic mass is 9.82. The third kappa shape index (κ3) is 3.04. The lowest BCUT2D eigenvalue weighted by molar-refractivity contribution is 0.586. The van der Waals surface area contributed by atoms with Crippen LogP contribution in [0.4, 0.5) is 0 Å². The monoisotopic (exact) mass is 284 g/mol. The summed E-state index contributed by atoms with van der Waals surface area (Å²) in [5.74, 6) is 0. The van der Waals surface area contributed by atoms with Crippen LogP contribution in [0, 0.1) is 6.92 Å². The molecule has 0 fully saturated rings. The first kappa shape index (κ1) is 15.8. The molecule has 0 unspecified atom stereocenters. The summed E-state index contributed by atoms with van der Waals surface area (Å²) >= 11 is 0. The zero-order valence-electron chi connectivity index (χ0n) is 14.7. The van der Waals surface area contributed by atoms with Crippen molar-refractivity contribution in [1.29, 1.82) is 0 Å². The Kier molecular flexibility index (Phi) is 3.77. The molecule has 2 nitrogen and oxygen atoms in total. The minimum absolute atomic E-state index is 0.0936. The van der Waals surface area contributed by atoms with Crippen LogP contribution in [-0.2, 0) is 17.9 Å². The first-order valence-corrected chi connectivity index (χ1v) is 7.67. The van der Waals surface area contributed by atoms with Crippen molar-refractivity contribution < 1.29 is 0 Å². The Labute approximate surface area is 129 Å². The van der Waals surface area contributed by atoms with Gasteiger partial charge in [0, 0.05) is 18.2 Å². The van der Waals surface area contributed by atoms with Crippen LogP contribution in [-0.4, -0.2) is 9.78 Å². The van der Waals surface area contributed by atoms with Crippen LogP contribution < -0.4 is 0 Å². The van der Waals surface area contributed by atoms with Gasteiger partial charge in [-0.15, -0.1) is 0 Å². The lowest BCUT2D eigenvalue weighted by Gasteiger charge is -2.22. The van der Waals surface area contributed by atoms with Gasteiger partial charge in [-0.1, -0.05) is 65.8 Å². The molecule has 2 rings (SSSR count). The average Bonchev–Trinajstić information content (AvgIpc) is 2.63. The second-order valence-corrected chi connectivity index (χ2v) is 8.01. The van der Waals surface area contributed by atoms with Crippen LogP contribution in [0.3, 0.4) is 0 Å². The Morgan fingerprint density at radius 3 is 1.81 bits per heavy atom. The molecule has 114 valence electrons. The van der Waals surface area contributed by atoms with Crippen molar-refractivity contribution in [3.63, 3.8) is 0 Å². The highest BCUT2D eigenvalue weighted by molar-refractivity contribution is 5.66. The van der Waals surface area contributed by atoms with E-state index in [1.165, 1.54) is 22.4 Å². The number of rotatable bonds is 1. The summed E-state index contributed by atoms with van der Waals surface area (Å²) in [6.45, 7) is 15.6. The predicted octanol–water partition coefficient (Wildman–Crippen LogP) is 4.99. The molecule has 0 aliphatic carbocycles. The molecule has 0 spiro atoms. The van der Waals surface area contributed by atoms with Crippen molar-refractivity contribution in [2.24, 2.45) is 7.05 Å². The molecule has 2 aromatic rings. The number of aromatic nitrogens is 2. The molecule has 0 aliphatic heterocycles. The molecule has 0 bridgehead atoms. The Hall–Kier alpha value is -1.57. The zero-order valence-corrected chi connectivity index (χ0v) is 14.7. The van der Waals surface area contributed by atoms with Gasteiger partial charge in [0.2, 0.25) is 0 Å². The van der Waals surface area contributed by atoms with Crippen LogP contribution in [0.25, 0.3) is 11.3 Å². The van der Waals surface area contributed by atoms with Crippen LogP contribution >= 0.6 is 0 Å². The molecular weight excluding hydrogens is 256 g/mol. The van der Waals surface area contributed by atoms with Crippen molar-refractivity contribution in [2.75, 3.05) is 0 Å². The number of aryl methyl sites for hydroxylation is 2. The average molecular weight is 284 g/mol. The van der Waals surface area contributed by atoms with Gasteiger partial charge in [0.25, 0.3) is 0 Å². The molecule has 0 saturated heterocycles. The quantitative estimate of drug-likeness (QED) is 0.721. The van der Waals surface area contributed by atoms with Crippen molar-refractivity contribution in [1.82, 2.24) is 9.78 Å². The van der Waals surface area contributed by atoms with Gasteiger partial charge in [-0.3, -0.25) is 4.68 Å². The van der Waals surface area contributed by atoms with E-state index in [0.29, 0.717) is 0 Å². The zero-order chi connectivity index (χ0) is 16.0. The Balaban J connectivity index is 2.58. The van der Waals surface area contributed by atoms with Gasteiger partial charge < -0.3 is 0 Å². The molecule has 0 radical (unpaired) electrons. The van der Waals surface area contributed by atoms with Crippen LogP contribution in [0.1, 0.15) is 58.4 Å². The van der Waals surface area contributed by atoms with E-state index in [1.807, 2.05) is 11.7 Å². The van der Waals surface area contributed by atoms with E-state index in [-0.39, 0.29) is 10.8 Å². The third-order valence-electron chi connectivity index (χ3n) is 4.00. The van der Waals surface area contributed by atoms with Gasteiger partial charge in [-0.25, -0.2) is 0 Å². The summed E-state index contributed by atoms with van der Waals surface area (Å²) in [6, 6.07) is 8.94. The summed E-state index contributed by atoms with van der Waals surface area (Å²) in [5.41, 5.74) is 6.59. The number of nitrogens with zero attached hydrogens (tertiary/aromatic N) is 2. The molecule has 1 heterocycles. The molecule has 0 N–H and O–H groups in total. The fourth-order valence-electron chi connectivity index (χ4n) is 3.02. The molecule has 1 aromatic heterocycles. The Morgan fingerprint density at radius 2 is 1.38 bits per heavy atom. The van der Waals surface area contributed by atoms with Crippen LogP contribution in [0.5, 0.6) is 0 Å². The van der Waals surface area contributed by atoms with Gasteiger partial charge in [0.05, 0.1) is 11.4 Å². The van der Waals surface area contributed by atoms with E-state index < -0.39 is 0 Å². The topological polar surface area (TPSA) is 17.8 Å². The summed E-state index contributed by atoms with van der Waals surface area (Å²) in [6.07, 6.45) is 0. The molecule has 0 amide bonds. The molecule has 0 atom stereocenters. The predicted molar refractivity (Wildman–Crippen MR) is 90.8 cm³/mol. The molecule has 21 heavy (non-hydrogen) atoms. The maximum Gasteiger partial charge on any atom is 0.0719 e. The summed E-state index contributed by atoms with van der Waals surface area (Å²) in [7, 11) is 2.04. The Morgan fingerprint density at radius 1 is 0.857 bits per heavy atom. The molecular formula is C19H28N2. The highest BCUT2D eigenvalue weighted by Gasteiger charge is 2.25. The standard InChI is InChI=1S/C19H28N2/c1-13-16(19(5,6)7)17(21(8)20-13)14-9-11-15(12-10-14)18(2,3)4/h9-12H,1-8H3. The van der Waals surface area contributed by atoms with Gasteiger partial charge in [0.15, 0.2) is 0 Å². The van der Waals surface area contributed by atoms with Crippen molar-refractivity contribution in [2.45, 2.75) is 59.3 Å². The molecule has 0 saturated carbocycles. The maximum atomic E-state index is 4.64. The van der Waals surface area contributed by atoms with Gasteiger partial charge in [-0.2, -0.15) is 5.10 Å². The largest absolute Gasteiger partial charge is 0.267 e. The maximum absolute atomic E-state index is 4.64. The van der Waals surface area contributed by atoms with E-state index in [4.69, 9.17) is 0 Å². The molecule has 2 heteroatoms. The first-order chi connectivity index (χ1) is 9.51. The molecule has 1 aromatic carbocycles. The molecule has 0 aliphatic rings. The smallest absolute Gasteiger partial charge is 0.0719 e. The fourth-order valence-corrected chi connectivity index (χ4v) is 3.02. The van der Waals surface area contributed by atoms with E-state index >= 15 is 0 Å². The van der Waals surface area contributed by atoms with Crippen LogP contribution in [0.2, 0.25) is 0 Å². The van der Waals surface area contributed by atoms with E-state index in [2.05, 4.69) is 77.8 Å². The van der Waals surface area contributed by atoms with E-state index in [1.54, 1.807) is 0 Å². The number of hydrogen-bond acceptors (Lipinski definition) is 1. The fraction of sp³-hybridized carbons (Fsp3) is 0.526. The minimum Gasteiger partial charge on any atom is -0.267 e. The second kappa shape index (κ2) is 5.01. The minimum atomic E-state index is 0.0936. The number of hydrogen-bond donors (Lipinski definition) is 0. The van der Waals surface area contributed by atoms with Crippen molar-refractivity contribution in [3.05, 3.63) is 41.1 Å². The lowest BCUT2D eigenvalue weighted by Crippen LogP contribution is -2.14. The SMILES string of the molecule is Cc1nn(C)c(-c2ccc(C(C)(C)C)cc2)c1C(C)(C)C. The number of benzene rings is 1. The van der Waals surface area contributed by atoms with E-state index in [9.17, 15) is 0 Å². The summed E-state index contributed by atoms with van der Waals surface area (Å²) in [4.78, 5) is 0. The van der Waals surface area contributed by atoms with Crippen molar-refractivity contribution >= 4 is 0 Å². The van der Waals surface area contributed by atoms with Gasteiger partial charge in [-0.05, 0) is 23.3 Å².